The summed E-state index contributed by atoms with van der Waals surface area (Å²) in [6, 6.07) is 12.5. The third-order valence-electron chi connectivity index (χ3n) is 7.09. The molecule has 4 aliphatic rings. The molecule has 1 aliphatic carbocycles. The number of rotatable bonds is 5. The SMILES string of the molecule is C#CC.N#C/C1=C(\N2CCCCC2)N(Cc2ccccc2)CC(=O)N(CC2COC3=C(/C=C\CC/C=C\3)O2)C=NC1. The van der Waals surface area contributed by atoms with Crippen LogP contribution in [-0.4, -0.2) is 72.4 Å². The van der Waals surface area contributed by atoms with Gasteiger partial charge in [0.25, 0.3) is 0 Å². The zero-order valence-corrected chi connectivity index (χ0v) is 23.9. The predicted octanol–water partition coefficient (Wildman–Crippen LogP) is 4.75. The zero-order chi connectivity index (χ0) is 28.9. The lowest BCUT2D eigenvalue weighted by Gasteiger charge is -2.39. The molecule has 214 valence electrons. The molecule has 1 aromatic carbocycles. The largest absolute Gasteiger partial charge is 0.486 e. The summed E-state index contributed by atoms with van der Waals surface area (Å²) in [5.74, 6) is 4.42. The fourth-order valence-corrected chi connectivity index (χ4v) is 5.21. The monoisotopic (exact) mass is 553 g/mol. The van der Waals surface area contributed by atoms with E-state index in [-0.39, 0.29) is 25.1 Å². The third kappa shape index (κ3) is 8.28. The molecule has 0 N–H and O–H groups in total. The van der Waals surface area contributed by atoms with Crippen molar-refractivity contribution in [1.82, 2.24) is 14.7 Å². The molecule has 1 unspecified atom stereocenters. The minimum Gasteiger partial charge on any atom is -0.486 e. The van der Waals surface area contributed by atoms with Crippen LogP contribution in [0.1, 0.15) is 44.6 Å². The first kappa shape index (κ1) is 29.6. The maximum atomic E-state index is 13.7. The average Bonchev–Trinajstić information content (AvgIpc) is 3.03. The number of piperidine rings is 1. The Labute approximate surface area is 243 Å². The molecule has 0 spiro atoms. The van der Waals surface area contributed by atoms with Gasteiger partial charge in [0, 0.05) is 19.6 Å². The first-order valence-corrected chi connectivity index (χ1v) is 14.3. The fraction of sp³-hybridized carbons (Fsp3) is 0.424. The van der Waals surface area contributed by atoms with Crippen molar-refractivity contribution in [2.75, 3.05) is 39.3 Å². The first-order chi connectivity index (χ1) is 20.1. The number of carbonyl (C=O) groups is 1. The van der Waals surface area contributed by atoms with E-state index in [0.29, 0.717) is 31.0 Å². The molecule has 8 heteroatoms. The quantitative estimate of drug-likeness (QED) is 0.490. The van der Waals surface area contributed by atoms with Gasteiger partial charge < -0.3 is 19.3 Å². The molecule has 3 heterocycles. The second kappa shape index (κ2) is 15.4. The number of amides is 1. The van der Waals surface area contributed by atoms with Crippen LogP contribution in [0.2, 0.25) is 0 Å². The van der Waals surface area contributed by atoms with Crippen LogP contribution in [0.5, 0.6) is 0 Å². The van der Waals surface area contributed by atoms with E-state index in [0.717, 1.165) is 55.9 Å². The highest BCUT2D eigenvalue weighted by Crippen LogP contribution is 2.26. The van der Waals surface area contributed by atoms with E-state index in [1.165, 1.54) is 6.42 Å². The van der Waals surface area contributed by atoms with Gasteiger partial charge in [0.2, 0.25) is 5.91 Å². The molecule has 1 aromatic rings. The summed E-state index contributed by atoms with van der Waals surface area (Å²) in [6.07, 6.45) is 19.2. The van der Waals surface area contributed by atoms with Gasteiger partial charge in [-0.1, -0.05) is 42.5 Å². The number of hydrogen-bond acceptors (Lipinski definition) is 7. The Bertz CT molecular complexity index is 1280. The summed E-state index contributed by atoms with van der Waals surface area (Å²) < 4.78 is 12.2. The van der Waals surface area contributed by atoms with E-state index >= 15 is 0 Å². The molecule has 0 saturated carbocycles. The lowest BCUT2D eigenvalue weighted by atomic mass is 10.1. The van der Waals surface area contributed by atoms with Gasteiger partial charge in [0.15, 0.2) is 17.6 Å². The van der Waals surface area contributed by atoms with Crippen molar-refractivity contribution in [2.45, 2.75) is 51.7 Å². The van der Waals surface area contributed by atoms with E-state index in [1.54, 1.807) is 18.2 Å². The van der Waals surface area contributed by atoms with Gasteiger partial charge in [-0.25, -0.2) is 0 Å². The number of hydrogen-bond donors (Lipinski definition) is 0. The molecule has 1 atom stereocenters. The molecule has 1 amide bonds. The van der Waals surface area contributed by atoms with Gasteiger partial charge in [0.1, 0.15) is 18.5 Å². The van der Waals surface area contributed by atoms with Gasteiger partial charge >= 0.3 is 0 Å². The van der Waals surface area contributed by atoms with Crippen LogP contribution in [0.4, 0.5) is 0 Å². The Morgan fingerprint density at radius 1 is 1.07 bits per heavy atom. The molecule has 0 bridgehead atoms. The molecule has 8 nitrogen and oxygen atoms in total. The summed E-state index contributed by atoms with van der Waals surface area (Å²) in [5.41, 5.74) is 1.68. The summed E-state index contributed by atoms with van der Waals surface area (Å²) >= 11 is 0. The van der Waals surface area contributed by atoms with Crippen molar-refractivity contribution < 1.29 is 14.3 Å². The highest BCUT2D eigenvalue weighted by atomic mass is 16.6. The Morgan fingerprint density at radius 2 is 1.78 bits per heavy atom. The lowest BCUT2D eigenvalue weighted by molar-refractivity contribution is -0.130. The second-order valence-electron chi connectivity index (χ2n) is 10.3. The Hall–Kier alpha value is -4.43. The van der Waals surface area contributed by atoms with Gasteiger partial charge in [-0.15, -0.1) is 12.3 Å². The van der Waals surface area contributed by atoms with Crippen LogP contribution in [-0.2, 0) is 20.8 Å². The number of nitrogens with zero attached hydrogens (tertiary/aromatic N) is 5. The molecule has 1 fully saturated rings. The number of likely N-dealkylation sites (tertiary alicyclic amines) is 1. The van der Waals surface area contributed by atoms with Gasteiger partial charge in [-0.2, -0.15) is 5.26 Å². The van der Waals surface area contributed by atoms with Crippen LogP contribution < -0.4 is 0 Å². The Kier molecular flexibility index (Phi) is 11.1. The molecule has 41 heavy (non-hydrogen) atoms. The predicted molar refractivity (Wildman–Crippen MR) is 160 cm³/mol. The molecule has 0 radical (unpaired) electrons. The standard InChI is InChI=1S/C30H35N5O3.C3H4/c31-17-25-18-32-23-35(20-26-22-37-27-13-7-1-2-8-14-28(27)38-26)29(36)21-34(19-24-11-5-3-6-12-24)30(25)33-15-9-4-10-16-33;1-3-2/h3,5-8,11-14,23,26H,1-2,4,9-10,15-16,18-22H2;1H,2H3/b13-7-,14-8-,30-25-,32-23?;. The molecule has 5 rings (SSSR count). The third-order valence-corrected chi connectivity index (χ3v) is 7.09. The van der Waals surface area contributed by atoms with Crippen LogP contribution in [0.15, 0.2) is 82.5 Å². The highest BCUT2D eigenvalue weighted by Gasteiger charge is 2.30. The summed E-state index contributed by atoms with van der Waals surface area (Å²) in [5, 5.41) is 10.1. The number of carbonyl (C=O) groups excluding carboxylic acids is 1. The minimum atomic E-state index is -0.324. The summed E-state index contributed by atoms with van der Waals surface area (Å²) in [7, 11) is 0. The van der Waals surface area contributed by atoms with Crippen LogP contribution in [0.3, 0.4) is 0 Å². The van der Waals surface area contributed by atoms with Crippen molar-refractivity contribution in [2.24, 2.45) is 4.99 Å². The van der Waals surface area contributed by atoms with E-state index in [2.05, 4.69) is 57.5 Å². The smallest absolute Gasteiger partial charge is 0.247 e. The molecule has 3 aliphatic heterocycles. The summed E-state index contributed by atoms with van der Waals surface area (Å²) in [6.45, 7) is 4.97. The van der Waals surface area contributed by atoms with E-state index < -0.39 is 0 Å². The summed E-state index contributed by atoms with van der Waals surface area (Å²) in [4.78, 5) is 24.2. The Balaban J connectivity index is 0.00000124. The number of benzene rings is 1. The molecular formula is C33H39N5O3. The maximum Gasteiger partial charge on any atom is 0.247 e. The number of allylic oxidation sites excluding steroid dienone is 4. The zero-order valence-electron chi connectivity index (χ0n) is 23.9. The Morgan fingerprint density at radius 3 is 2.49 bits per heavy atom. The normalized spacial score (nSPS) is 24.3. The van der Waals surface area contributed by atoms with E-state index in [9.17, 15) is 10.1 Å². The van der Waals surface area contributed by atoms with Crippen LogP contribution in [0.25, 0.3) is 0 Å². The number of ether oxygens (including phenoxy) is 2. The molecule has 0 aromatic heterocycles. The second-order valence-corrected chi connectivity index (χ2v) is 10.3. The van der Waals surface area contributed by atoms with Gasteiger partial charge in [-0.3, -0.25) is 14.7 Å². The van der Waals surface area contributed by atoms with E-state index in [4.69, 9.17) is 9.47 Å². The van der Waals surface area contributed by atoms with Gasteiger partial charge in [-0.05, 0) is 56.7 Å². The average molecular weight is 554 g/mol. The van der Waals surface area contributed by atoms with Crippen molar-refractivity contribution in [3.63, 3.8) is 0 Å². The molecule has 1 saturated heterocycles. The molecular weight excluding hydrogens is 514 g/mol. The van der Waals surface area contributed by atoms with Crippen molar-refractivity contribution in [1.29, 1.82) is 5.26 Å². The van der Waals surface area contributed by atoms with Crippen molar-refractivity contribution in [3.8, 4) is 18.4 Å². The van der Waals surface area contributed by atoms with Gasteiger partial charge in [0.05, 0.1) is 31.5 Å². The number of terminal acetylenes is 1. The number of aliphatic imine (C=N–C) groups is 1. The van der Waals surface area contributed by atoms with Crippen LogP contribution in [0, 0.1) is 23.7 Å². The van der Waals surface area contributed by atoms with Crippen molar-refractivity contribution in [3.05, 3.63) is 83.1 Å². The topological polar surface area (TPSA) is 81.4 Å². The lowest BCUT2D eigenvalue weighted by Crippen LogP contribution is -2.47. The van der Waals surface area contributed by atoms with E-state index in [1.807, 2.05) is 30.4 Å². The minimum absolute atomic E-state index is 0.0881. The fourth-order valence-electron chi connectivity index (χ4n) is 5.21. The number of nitriles is 1. The maximum absolute atomic E-state index is 13.7. The highest BCUT2D eigenvalue weighted by molar-refractivity contribution is 5.89. The first-order valence-electron chi connectivity index (χ1n) is 14.3. The van der Waals surface area contributed by atoms with Crippen molar-refractivity contribution >= 4 is 12.2 Å². The van der Waals surface area contributed by atoms with Crippen LogP contribution >= 0.6 is 0 Å².